The third-order valence-corrected chi connectivity index (χ3v) is 7.29. The molecule has 156 valence electrons. The average Bonchev–Trinajstić information content (AvgIpc) is 2.97. The molecule has 0 aromatic heterocycles. The number of carbonyl (C=O) groups excluding carboxylic acids is 1. The molecule has 4 aliphatic rings. The maximum Gasteiger partial charge on any atom is 0.233 e. The molecule has 0 saturated carbocycles. The molecule has 4 heterocycles. The standard InChI is InChI=1S/C16H26FN7O3S/c17-10-7-20-15-13(14(18)22-24(15)9-10)16(25)21-11-8-19-2-1-12(11)23-3-5-28(26,27)6-4-23/h7-8,10,12-15,19,22H,1-6,9,18H2,(H,21,25). The number of nitrogens with one attached hydrogen (secondary N) is 3. The van der Waals surface area contributed by atoms with Crippen LogP contribution in [0.1, 0.15) is 6.42 Å². The van der Waals surface area contributed by atoms with Gasteiger partial charge in [-0.1, -0.05) is 0 Å². The number of aliphatic imine (C=N–C) groups is 1. The molecule has 0 aromatic rings. The summed E-state index contributed by atoms with van der Waals surface area (Å²) in [5.74, 6) is -0.683. The molecular formula is C16H26FN7O3S. The van der Waals surface area contributed by atoms with Crippen molar-refractivity contribution in [3.8, 4) is 0 Å². The highest BCUT2D eigenvalue weighted by atomic mass is 32.2. The lowest BCUT2D eigenvalue weighted by molar-refractivity contribution is -0.125. The second kappa shape index (κ2) is 7.67. The molecule has 0 spiro atoms. The lowest BCUT2D eigenvalue weighted by Crippen LogP contribution is -2.53. The Labute approximate surface area is 163 Å². The first-order valence-corrected chi connectivity index (χ1v) is 11.3. The van der Waals surface area contributed by atoms with Gasteiger partial charge < -0.3 is 16.4 Å². The van der Waals surface area contributed by atoms with Crippen LogP contribution in [0.5, 0.6) is 0 Å². The average molecular weight is 415 g/mol. The van der Waals surface area contributed by atoms with Gasteiger partial charge in [0.15, 0.2) is 9.84 Å². The Hall–Kier alpha value is -1.60. The minimum Gasteiger partial charge on any atom is -0.389 e. The molecule has 0 bridgehead atoms. The number of nitrogens with two attached hydrogens (primary N) is 1. The number of halogens is 1. The lowest BCUT2D eigenvalue weighted by Gasteiger charge is -2.38. The minimum absolute atomic E-state index is 0.0625. The Kier molecular flexibility index (Phi) is 5.40. The summed E-state index contributed by atoms with van der Waals surface area (Å²) in [5, 5.41) is 7.66. The smallest absolute Gasteiger partial charge is 0.233 e. The van der Waals surface area contributed by atoms with Crippen molar-refractivity contribution in [2.24, 2.45) is 16.6 Å². The third-order valence-electron chi connectivity index (χ3n) is 5.68. The van der Waals surface area contributed by atoms with Crippen molar-refractivity contribution >= 4 is 22.0 Å². The van der Waals surface area contributed by atoms with Crippen LogP contribution in [-0.2, 0) is 14.6 Å². The molecule has 0 aromatic carbocycles. The predicted octanol–water partition coefficient (Wildman–Crippen LogP) is -2.49. The molecule has 5 unspecified atom stereocenters. The van der Waals surface area contributed by atoms with E-state index in [1.807, 2.05) is 0 Å². The molecular weight excluding hydrogens is 389 g/mol. The van der Waals surface area contributed by atoms with E-state index in [0.717, 1.165) is 13.0 Å². The summed E-state index contributed by atoms with van der Waals surface area (Å²) >= 11 is 0. The Bertz CT molecular complexity index is 775. The van der Waals surface area contributed by atoms with E-state index in [2.05, 4.69) is 26.0 Å². The number of rotatable bonds is 3. The maximum absolute atomic E-state index is 13.5. The summed E-state index contributed by atoms with van der Waals surface area (Å²) in [5.41, 5.74) is 9.70. The van der Waals surface area contributed by atoms with Gasteiger partial charge in [0.05, 0.1) is 36.0 Å². The van der Waals surface area contributed by atoms with E-state index >= 15 is 0 Å². The van der Waals surface area contributed by atoms with Crippen LogP contribution in [0.4, 0.5) is 4.39 Å². The largest absolute Gasteiger partial charge is 0.389 e. The Morgan fingerprint density at radius 2 is 2.11 bits per heavy atom. The van der Waals surface area contributed by atoms with Gasteiger partial charge in [0.1, 0.15) is 18.3 Å². The van der Waals surface area contributed by atoms with Gasteiger partial charge in [-0.05, 0) is 6.42 Å². The van der Waals surface area contributed by atoms with E-state index in [1.165, 1.54) is 6.21 Å². The van der Waals surface area contributed by atoms with E-state index in [4.69, 9.17) is 5.73 Å². The van der Waals surface area contributed by atoms with Crippen molar-refractivity contribution in [1.29, 1.82) is 0 Å². The normalized spacial score (nSPS) is 38.4. The molecule has 2 saturated heterocycles. The van der Waals surface area contributed by atoms with E-state index < -0.39 is 34.3 Å². The van der Waals surface area contributed by atoms with E-state index in [0.29, 0.717) is 18.8 Å². The molecule has 1 amide bonds. The number of alkyl halides is 1. The van der Waals surface area contributed by atoms with Crippen LogP contribution in [0.3, 0.4) is 0 Å². The number of carbonyl (C=O) groups is 1. The van der Waals surface area contributed by atoms with E-state index in [9.17, 15) is 17.6 Å². The van der Waals surface area contributed by atoms with Gasteiger partial charge in [0.25, 0.3) is 0 Å². The Balaban J connectivity index is 1.45. The molecule has 2 fully saturated rings. The highest BCUT2D eigenvalue weighted by Crippen LogP contribution is 2.25. The molecule has 12 heteroatoms. The number of nitrogens with zero attached hydrogens (tertiary/aromatic N) is 3. The van der Waals surface area contributed by atoms with Gasteiger partial charge in [-0.2, -0.15) is 0 Å². The highest BCUT2D eigenvalue weighted by Gasteiger charge is 2.46. The molecule has 0 aliphatic carbocycles. The van der Waals surface area contributed by atoms with Gasteiger partial charge in [0, 0.05) is 32.0 Å². The number of fused-ring (bicyclic) bond motifs is 1. The summed E-state index contributed by atoms with van der Waals surface area (Å²) in [6.07, 6.45) is 1.35. The van der Waals surface area contributed by atoms with Gasteiger partial charge >= 0.3 is 0 Å². The number of amides is 1. The van der Waals surface area contributed by atoms with Crippen molar-refractivity contribution in [2.75, 3.05) is 37.7 Å². The number of sulfone groups is 1. The first-order chi connectivity index (χ1) is 13.3. The van der Waals surface area contributed by atoms with Gasteiger partial charge in [0.2, 0.25) is 5.91 Å². The van der Waals surface area contributed by atoms with Crippen LogP contribution in [0, 0.1) is 5.92 Å². The third kappa shape index (κ3) is 3.92. The Morgan fingerprint density at radius 3 is 2.86 bits per heavy atom. The molecule has 0 radical (unpaired) electrons. The fraction of sp³-hybridized carbons (Fsp3) is 0.750. The highest BCUT2D eigenvalue weighted by molar-refractivity contribution is 7.91. The molecule has 5 N–H and O–H groups in total. The molecule has 5 atom stereocenters. The summed E-state index contributed by atoms with van der Waals surface area (Å²) in [4.78, 5) is 19.2. The van der Waals surface area contributed by atoms with Crippen molar-refractivity contribution in [3.63, 3.8) is 0 Å². The first-order valence-electron chi connectivity index (χ1n) is 9.48. The molecule has 28 heavy (non-hydrogen) atoms. The number of hydrogen-bond acceptors (Lipinski definition) is 9. The second-order valence-electron chi connectivity index (χ2n) is 7.60. The maximum atomic E-state index is 13.5. The van der Waals surface area contributed by atoms with Crippen LogP contribution in [0.25, 0.3) is 0 Å². The first kappa shape index (κ1) is 19.7. The monoisotopic (exact) mass is 415 g/mol. The summed E-state index contributed by atoms with van der Waals surface area (Å²) in [6, 6.07) is -0.0625. The van der Waals surface area contributed by atoms with Crippen LogP contribution in [0.2, 0.25) is 0 Å². The lowest BCUT2D eigenvalue weighted by atomic mass is 10.0. The number of hydrogen-bond donors (Lipinski definition) is 4. The van der Waals surface area contributed by atoms with Crippen LogP contribution in [-0.4, -0.2) is 92.7 Å². The molecule has 10 nitrogen and oxygen atoms in total. The van der Waals surface area contributed by atoms with Gasteiger partial charge in [-0.25, -0.2) is 23.2 Å². The quantitative estimate of drug-likeness (QED) is 0.398. The molecule has 4 rings (SSSR count). The van der Waals surface area contributed by atoms with Crippen molar-refractivity contribution in [2.45, 2.75) is 31.0 Å². The van der Waals surface area contributed by atoms with Gasteiger partial charge in [-0.15, -0.1) is 0 Å². The fourth-order valence-corrected chi connectivity index (χ4v) is 5.42. The zero-order valence-corrected chi connectivity index (χ0v) is 16.2. The second-order valence-corrected chi connectivity index (χ2v) is 9.90. The number of hydrazine groups is 1. The van der Waals surface area contributed by atoms with Crippen molar-refractivity contribution in [1.82, 2.24) is 26.0 Å². The van der Waals surface area contributed by atoms with E-state index in [-0.39, 0.29) is 30.0 Å². The molecule has 4 aliphatic heterocycles. The summed E-state index contributed by atoms with van der Waals surface area (Å²) in [7, 11) is -2.97. The van der Waals surface area contributed by atoms with Crippen LogP contribution < -0.4 is 21.8 Å². The minimum atomic E-state index is -2.97. The summed E-state index contributed by atoms with van der Waals surface area (Å²) < 4.78 is 37.0. The Morgan fingerprint density at radius 1 is 1.36 bits per heavy atom. The fourth-order valence-electron chi connectivity index (χ4n) is 4.19. The van der Waals surface area contributed by atoms with Crippen LogP contribution in [0.15, 0.2) is 16.9 Å². The summed E-state index contributed by atoms with van der Waals surface area (Å²) in [6.45, 7) is 1.74. The van der Waals surface area contributed by atoms with Crippen molar-refractivity contribution in [3.05, 3.63) is 11.9 Å². The zero-order valence-electron chi connectivity index (χ0n) is 15.4. The zero-order chi connectivity index (χ0) is 19.9. The van der Waals surface area contributed by atoms with Gasteiger partial charge in [-0.3, -0.25) is 14.7 Å². The SMILES string of the molecule is NC1NN2CC(F)C=NC2C1C(=O)NC1=CNCCC1N1CCS(=O)(=O)CC1. The topological polar surface area (TPSA) is 132 Å². The van der Waals surface area contributed by atoms with E-state index in [1.54, 1.807) is 11.2 Å². The van der Waals surface area contributed by atoms with Crippen LogP contribution >= 0.6 is 0 Å². The van der Waals surface area contributed by atoms with Crippen molar-refractivity contribution < 1.29 is 17.6 Å². The predicted molar refractivity (Wildman–Crippen MR) is 101 cm³/mol.